The van der Waals surface area contributed by atoms with E-state index < -0.39 is 12.3 Å². The monoisotopic (exact) mass is 313 g/mol. The van der Waals surface area contributed by atoms with Crippen molar-refractivity contribution in [1.82, 2.24) is 14.7 Å². The van der Waals surface area contributed by atoms with E-state index >= 15 is 0 Å². The van der Waals surface area contributed by atoms with Crippen LogP contribution in [0.5, 0.6) is 0 Å². The second-order valence-electron chi connectivity index (χ2n) is 4.07. The molecule has 0 radical (unpaired) electrons. The number of alkyl halides is 3. The summed E-state index contributed by atoms with van der Waals surface area (Å²) in [6.07, 6.45) is -3.40. The third kappa shape index (κ3) is 2.99. The summed E-state index contributed by atoms with van der Waals surface area (Å²) in [6, 6.07) is 0.0849. The van der Waals surface area contributed by atoms with Crippen molar-refractivity contribution in [3.05, 3.63) is 16.9 Å². The summed E-state index contributed by atoms with van der Waals surface area (Å²) < 4.78 is 38.8. The fourth-order valence-electron chi connectivity index (χ4n) is 1.72. The number of hydrogen-bond donors (Lipinski definition) is 1. The molecule has 0 bridgehead atoms. The third-order valence-corrected chi connectivity index (χ3v) is 3.10. The zero-order valence-electron chi connectivity index (χ0n) is 8.73. The summed E-state index contributed by atoms with van der Waals surface area (Å²) in [5.74, 6) is 0. The molecule has 1 saturated heterocycles. The summed E-state index contributed by atoms with van der Waals surface area (Å²) in [5.41, 5.74) is 0. The summed E-state index contributed by atoms with van der Waals surface area (Å²) in [6.45, 7) is 0.574. The lowest BCUT2D eigenvalue weighted by Gasteiger charge is -2.40. The number of nitrogens with zero attached hydrogens (tertiary/aromatic N) is 3. The highest BCUT2D eigenvalue weighted by Gasteiger charge is 2.41. The quantitative estimate of drug-likeness (QED) is 0.918. The van der Waals surface area contributed by atoms with Gasteiger partial charge >= 0.3 is 6.18 Å². The first-order valence-electron chi connectivity index (χ1n) is 5.03. The van der Waals surface area contributed by atoms with Crippen LogP contribution in [0, 0.1) is 0 Å². The van der Waals surface area contributed by atoms with Gasteiger partial charge in [-0.25, -0.2) is 0 Å². The van der Waals surface area contributed by atoms with Gasteiger partial charge in [-0.05, 0) is 15.9 Å². The number of β-amino-alcohol motifs (C(OH)–C–C–N with tert-alkyl or cyclic N) is 1. The van der Waals surface area contributed by atoms with Gasteiger partial charge in [0.25, 0.3) is 0 Å². The van der Waals surface area contributed by atoms with Gasteiger partial charge in [0.15, 0.2) is 6.10 Å². The van der Waals surface area contributed by atoms with Gasteiger partial charge in [-0.1, -0.05) is 0 Å². The number of likely N-dealkylation sites (tertiary alicyclic amines) is 1. The maximum atomic E-state index is 12.1. The highest BCUT2D eigenvalue weighted by Crippen LogP contribution is 2.26. The standard InChI is InChI=1S/C9H11BrF3N3O/c10-6-1-14-16(2-6)7-3-15(4-7)5-8(17)9(11,12)13/h1-2,7-8,17H,3-5H2. The van der Waals surface area contributed by atoms with Crippen LogP contribution >= 0.6 is 15.9 Å². The van der Waals surface area contributed by atoms with Crippen LogP contribution in [0.3, 0.4) is 0 Å². The van der Waals surface area contributed by atoms with Crippen LogP contribution in [0.1, 0.15) is 6.04 Å². The van der Waals surface area contributed by atoms with E-state index in [0.29, 0.717) is 13.1 Å². The van der Waals surface area contributed by atoms with Crippen LogP contribution in [0.2, 0.25) is 0 Å². The first-order chi connectivity index (χ1) is 7.86. The van der Waals surface area contributed by atoms with Gasteiger partial charge in [-0.15, -0.1) is 0 Å². The predicted molar refractivity (Wildman–Crippen MR) is 57.5 cm³/mol. The van der Waals surface area contributed by atoms with Crippen molar-refractivity contribution in [3.8, 4) is 0 Å². The lowest BCUT2D eigenvalue weighted by Crippen LogP contribution is -2.52. The molecule has 4 nitrogen and oxygen atoms in total. The molecule has 1 atom stereocenters. The summed E-state index contributed by atoms with van der Waals surface area (Å²) in [7, 11) is 0. The SMILES string of the molecule is OC(CN1CC(n2cc(Br)cn2)C1)C(F)(F)F. The molecule has 1 aromatic rings. The van der Waals surface area contributed by atoms with Gasteiger partial charge in [0.05, 0.1) is 16.7 Å². The van der Waals surface area contributed by atoms with Crippen molar-refractivity contribution in [2.24, 2.45) is 0 Å². The maximum absolute atomic E-state index is 12.1. The molecular weight excluding hydrogens is 303 g/mol. The Morgan fingerprint density at radius 1 is 1.53 bits per heavy atom. The minimum Gasteiger partial charge on any atom is -0.382 e. The van der Waals surface area contributed by atoms with Crippen molar-refractivity contribution in [2.75, 3.05) is 19.6 Å². The second kappa shape index (κ2) is 4.58. The summed E-state index contributed by atoms with van der Waals surface area (Å²) in [5, 5.41) is 12.9. The maximum Gasteiger partial charge on any atom is 0.415 e. The molecule has 1 fully saturated rings. The summed E-state index contributed by atoms with van der Waals surface area (Å²) >= 11 is 3.25. The molecule has 2 rings (SSSR count). The smallest absolute Gasteiger partial charge is 0.382 e. The average molecular weight is 314 g/mol. The number of aliphatic hydroxyl groups is 1. The van der Waals surface area contributed by atoms with Crippen LogP contribution in [0.25, 0.3) is 0 Å². The number of aromatic nitrogens is 2. The summed E-state index contributed by atoms with van der Waals surface area (Å²) in [4.78, 5) is 1.55. The van der Waals surface area contributed by atoms with Crippen LogP contribution in [-0.4, -0.2) is 51.7 Å². The van der Waals surface area contributed by atoms with E-state index in [9.17, 15) is 13.2 Å². The second-order valence-corrected chi connectivity index (χ2v) is 4.98. The minimum atomic E-state index is -4.54. The first kappa shape index (κ1) is 12.8. The van der Waals surface area contributed by atoms with E-state index in [1.54, 1.807) is 22.0 Å². The molecular formula is C9H11BrF3N3O. The topological polar surface area (TPSA) is 41.3 Å². The molecule has 17 heavy (non-hydrogen) atoms. The zero-order chi connectivity index (χ0) is 12.6. The number of halogens is 4. The largest absolute Gasteiger partial charge is 0.415 e. The van der Waals surface area contributed by atoms with Crippen molar-refractivity contribution in [1.29, 1.82) is 0 Å². The van der Waals surface area contributed by atoms with Gasteiger partial charge < -0.3 is 5.11 Å². The molecule has 0 aromatic carbocycles. The van der Waals surface area contributed by atoms with Gasteiger partial charge in [-0.3, -0.25) is 9.58 Å². The molecule has 2 heterocycles. The molecule has 0 amide bonds. The number of hydrogen-bond acceptors (Lipinski definition) is 3. The van der Waals surface area contributed by atoms with Crippen molar-refractivity contribution < 1.29 is 18.3 Å². The highest BCUT2D eigenvalue weighted by molar-refractivity contribution is 9.10. The minimum absolute atomic E-state index is 0.0849. The van der Waals surface area contributed by atoms with Gasteiger partial charge in [0, 0.05) is 25.8 Å². The molecule has 1 aliphatic rings. The predicted octanol–water partition coefficient (Wildman–Crippen LogP) is 1.43. The number of rotatable bonds is 3. The van der Waals surface area contributed by atoms with Gasteiger partial charge in [-0.2, -0.15) is 18.3 Å². The Hall–Kier alpha value is -0.600. The van der Waals surface area contributed by atoms with Crippen LogP contribution < -0.4 is 0 Å². The fraction of sp³-hybridized carbons (Fsp3) is 0.667. The van der Waals surface area contributed by atoms with E-state index in [-0.39, 0.29) is 12.6 Å². The van der Waals surface area contributed by atoms with E-state index in [2.05, 4.69) is 21.0 Å². The fourth-order valence-corrected chi connectivity index (χ4v) is 2.02. The Bertz CT molecular complexity index is 389. The molecule has 0 saturated carbocycles. The molecule has 1 unspecified atom stereocenters. The van der Waals surface area contributed by atoms with Crippen molar-refractivity contribution in [3.63, 3.8) is 0 Å². The van der Waals surface area contributed by atoms with Crippen molar-refractivity contribution in [2.45, 2.75) is 18.3 Å². The molecule has 0 spiro atoms. The first-order valence-corrected chi connectivity index (χ1v) is 5.82. The Kier molecular flexibility index (Phi) is 3.46. The molecule has 8 heteroatoms. The number of aliphatic hydroxyl groups excluding tert-OH is 1. The lowest BCUT2D eigenvalue weighted by atomic mass is 10.1. The van der Waals surface area contributed by atoms with E-state index in [1.807, 2.05) is 0 Å². The third-order valence-electron chi connectivity index (χ3n) is 2.69. The highest BCUT2D eigenvalue weighted by atomic mass is 79.9. The van der Waals surface area contributed by atoms with Crippen LogP contribution in [-0.2, 0) is 0 Å². The molecule has 1 aromatic heterocycles. The Morgan fingerprint density at radius 3 is 2.65 bits per heavy atom. The Labute approximate surface area is 104 Å². The normalized spacial score (nSPS) is 20.3. The Morgan fingerprint density at radius 2 is 2.18 bits per heavy atom. The molecule has 96 valence electrons. The van der Waals surface area contributed by atoms with E-state index in [4.69, 9.17) is 5.11 Å². The molecule has 1 N–H and O–H groups in total. The zero-order valence-corrected chi connectivity index (χ0v) is 10.3. The molecule has 1 aliphatic heterocycles. The van der Waals surface area contributed by atoms with Gasteiger partial charge in [0.1, 0.15) is 0 Å². The van der Waals surface area contributed by atoms with E-state index in [1.165, 1.54) is 0 Å². The van der Waals surface area contributed by atoms with Gasteiger partial charge in [0.2, 0.25) is 0 Å². The lowest BCUT2D eigenvalue weighted by molar-refractivity contribution is -0.211. The Balaban J connectivity index is 1.80. The molecule has 0 aliphatic carbocycles. The van der Waals surface area contributed by atoms with Crippen LogP contribution in [0.4, 0.5) is 13.2 Å². The van der Waals surface area contributed by atoms with Crippen molar-refractivity contribution >= 4 is 15.9 Å². The average Bonchev–Trinajstić information content (AvgIpc) is 2.55. The van der Waals surface area contributed by atoms with Crippen LogP contribution in [0.15, 0.2) is 16.9 Å². The van der Waals surface area contributed by atoms with E-state index in [0.717, 1.165) is 4.47 Å².